The van der Waals surface area contributed by atoms with Crippen LogP contribution in [0.15, 0.2) is 24.3 Å². The molecule has 106 valence electrons. The number of halogens is 3. The van der Waals surface area contributed by atoms with Crippen LogP contribution in [0.2, 0.25) is 0 Å². The largest absolute Gasteiger partial charge is 0.462 e. The van der Waals surface area contributed by atoms with Gasteiger partial charge in [-0.15, -0.1) is 0 Å². The molecule has 0 spiro atoms. The number of carbonyl (C=O) groups excluding carboxylic acids is 1. The summed E-state index contributed by atoms with van der Waals surface area (Å²) in [6.45, 7) is 2.72. The smallest absolute Gasteiger partial charge is 0.392 e. The van der Waals surface area contributed by atoms with Gasteiger partial charge < -0.3 is 9.84 Å². The van der Waals surface area contributed by atoms with Gasteiger partial charge in [0.1, 0.15) is 0 Å². The van der Waals surface area contributed by atoms with Crippen LogP contribution in [0.1, 0.15) is 36.2 Å². The van der Waals surface area contributed by atoms with Crippen LogP contribution < -0.4 is 0 Å². The molecule has 0 radical (unpaired) electrons. The quantitative estimate of drug-likeness (QED) is 0.860. The average molecular weight is 276 g/mol. The van der Waals surface area contributed by atoms with Crippen LogP contribution in [0.4, 0.5) is 13.2 Å². The number of carbonyl (C=O) groups is 1. The summed E-state index contributed by atoms with van der Waals surface area (Å²) in [6.07, 6.45) is -5.97. The van der Waals surface area contributed by atoms with Crippen molar-refractivity contribution in [3.05, 3.63) is 35.4 Å². The van der Waals surface area contributed by atoms with Crippen molar-refractivity contribution in [2.75, 3.05) is 6.61 Å². The molecule has 19 heavy (non-hydrogen) atoms. The predicted molar refractivity (Wildman–Crippen MR) is 62.6 cm³/mol. The van der Waals surface area contributed by atoms with Crippen molar-refractivity contribution in [3.8, 4) is 0 Å². The second-order valence-electron chi connectivity index (χ2n) is 4.33. The van der Waals surface area contributed by atoms with Crippen LogP contribution in [0.25, 0.3) is 0 Å². The summed E-state index contributed by atoms with van der Waals surface area (Å²) in [7, 11) is 0. The van der Waals surface area contributed by atoms with Gasteiger partial charge in [0, 0.05) is 0 Å². The summed E-state index contributed by atoms with van der Waals surface area (Å²) in [4.78, 5) is 11.7. The molecule has 0 aliphatic rings. The standard InChI is InChI=1S/C13H15F3O3/c1-3-19-11(17)9-6-4-5-7-10(9)12(2,18)8-13(14,15)16/h4-7,18H,3,8H2,1-2H3. The van der Waals surface area contributed by atoms with Gasteiger partial charge in [-0.1, -0.05) is 18.2 Å². The van der Waals surface area contributed by atoms with Gasteiger partial charge in [-0.25, -0.2) is 4.79 Å². The van der Waals surface area contributed by atoms with Gasteiger partial charge in [0.25, 0.3) is 0 Å². The Labute approximate surface area is 109 Å². The van der Waals surface area contributed by atoms with Crippen molar-refractivity contribution < 1.29 is 27.8 Å². The molecular weight excluding hydrogens is 261 g/mol. The molecule has 0 saturated heterocycles. The molecule has 1 atom stereocenters. The zero-order valence-electron chi connectivity index (χ0n) is 10.6. The Bertz CT molecular complexity index is 453. The third-order valence-corrected chi connectivity index (χ3v) is 2.55. The van der Waals surface area contributed by atoms with Crippen molar-refractivity contribution in [2.45, 2.75) is 32.0 Å². The van der Waals surface area contributed by atoms with Gasteiger partial charge >= 0.3 is 12.1 Å². The lowest BCUT2D eigenvalue weighted by molar-refractivity contribution is -0.174. The van der Waals surface area contributed by atoms with E-state index in [1.807, 2.05) is 0 Å². The first-order chi connectivity index (χ1) is 8.67. The molecule has 0 aromatic heterocycles. The topological polar surface area (TPSA) is 46.5 Å². The van der Waals surface area contributed by atoms with Crippen molar-refractivity contribution in [1.82, 2.24) is 0 Å². The summed E-state index contributed by atoms with van der Waals surface area (Å²) in [6, 6.07) is 5.58. The molecule has 0 fully saturated rings. The third kappa shape index (κ3) is 4.24. The zero-order valence-corrected chi connectivity index (χ0v) is 10.6. The van der Waals surface area contributed by atoms with Crippen LogP contribution in [-0.2, 0) is 10.3 Å². The number of benzene rings is 1. The van der Waals surface area contributed by atoms with Crippen molar-refractivity contribution in [3.63, 3.8) is 0 Å². The number of hydrogen-bond donors (Lipinski definition) is 1. The van der Waals surface area contributed by atoms with Crippen LogP contribution in [0.5, 0.6) is 0 Å². The highest BCUT2D eigenvalue weighted by Crippen LogP contribution is 2.35. The number of alkyl halides is 3. The van der Waals surface area contributed by atoms with Crippen LogP contribution in [0.3, 0.4) is 0 Å². The molecule has 1 rings (SSSR count). The fourth-order valence-corrected chi connectivity index (χ4v) is 1.83. The number of ether oxygens (including phenoxy) is 1. The fraction of sp³-hybridized carbons (Fsp3) is 0.462. The Morgan fingerprint density at radius 2 is 1.89 bits per heavy atom. The molecule has 3 nitrogen and oxygen atoms in total. The molecule has 1 aromatic rings. The Morgan fingerprint density at radius 1 is 1.32 bits per heavy atom. The molecule has 0 aliphatic heterocycles. The molecule has 1 aromatic carbocycles. The first kappa shape index (κ1) is 15.5. The Kier molecular flexibility index (Phi) is 4.57. The number of rotatable bonds is 4. The van der Waals surface area contributed by atoms with Gasteiger partial charge in [-0.3, -0.25) is 0 Å². The SMILES string of the molecule is CCOC(=O)c1ccccc1C(C)(O)CC(F)(F)F. The first-order valence-corrected chi connectivity index (χ1v) is 5.73. The molecule has 0 bridgehead atoms. The number of esters is 1. The van der Waals surface area contributed by atoms with E-state index in [0.29, 0.717) is 0 Å². The molecule has 0 amide bonds. The Balaban J connectivity index is 3.16. The van der Waals surface area contributed by atoms with Gasteiger partial charge in [-0.2, -0.15) is 13.2 Å². The summed E-state index contributed by atoms with van der Waals surface area (Å²) < 4.78 is 42.1. The summed E-state index contributed by atoms with van der Waals surface area (Å²) in [5.41, 5.74) is -2.33. The van der Waals surface area contributed by atoms with E-state index in [4.69, 9.17) is 4.74 Å². The van der Waals surface area contributed by atoms with Crippen molar-refractivity contribution >= 4 is 5.97 Å². The monoisotopic (exact) mass is 276 g/mol. The maximum atomic E-state index is 12.4. The maximum Gasteiger partial charge on any atom is 0.392 e. The van der Waals surface area contributed by atoms with E-state index >= 15 is 0 Å². The molecular formula is C13H15F3O3. The lowest BCUT2D eigenvalue weighted by atomic mass is 9.88. The second-order valence-corrected chi connectivity index (χ2v) is 4.33. The number of aliphatic hydroxyl groups is 1. The Hall–Kier alpha value is -1.56. The lowest BCUT2D eigenvalue weighted by Gasteiger charge is -2.26. The maximum absolute atomic E-state index is 12.4. The third-order valence-electron chi connectivity index (χ3n) is 2.55. The van der Waals surface area contributed by atoms with Crippen molar-refractivity contribution in [1.29, 1.82) is 0 Å². The fourth-order valence-electron chi connectivity index (χ4n) is 1.83. The highest BCUT2D eigenvalue weighted by Gasteiger charge is 2.40. The highest BCUT2D eigenvalue weighted by molar-refractivity contribution is 5.91. The Morgan fingerprint density at radius 3 is 2.42 bits per heavy atom. The second kappa shape index (κ2) is 5.61. The summed E-state index contributed by atoms with van der Waals surface area (Å²) in [5.74, 6) is -0.749. The molecule has 6 heteroatoms. The lowest BCUT2D eigenvalue weighted by Crippen LogP contribution is -2.31. The van der Waals surface area contributed by atoms with Crippen LogP contribution in [0, 0.1) is 0 Å². The molecule has 0 heterocycles. The normalized spacial score (nSPS) is 14.8. The van der Waals surface area contributed by atoms with Crippen LogP contribution in [-0.4, -0.2) is 23.9 Å². The van der Waals surface area contributed by atoms with Gasteiger partial charge in [0.05, 0.1) is 24.2 Å². The van der Waals surface area contributed by atoms with Gasteiger partial charge in [0.2, 0.25) is 0 Å². The highest BCUT2D eigenvalue weighted by atomic mass is 19.4. The van der Waals surface area contributed by atoms with Crippen LogP contribution >= 0.6 is 0 Å². The van der Waals surface area contributed by atoms with E-state index in [9.17, 15) is 23.1 Å². The first-order valence-electron chi connectivity index (χ1n) is 5.73. The van der Waals surface area contributed by atoms with E-state index in [-0.39, 0.29) is 17.7 Å². The summed E-state index contributed by atoms with van der Waals surface area (Å²) >= 11 is 0. The molecule has 0 saturated carbocycles. The van der Waals surface area contributed by atoms with E-state index in [2.05, 4.69) is 0 Å². The molecule has 0 aliphatic carbocycles. The van der Waals surface area contributed by atoms with E-state index in [1.165, 1.54) is 24.3 Å². The number of hydrogen-bond acceptors (Lipinski definition) is 3. The minimum absolute atomic E-state index is 0.0569. The van der Waals surface area contributed by atoms with Gasteiger partial charge in [-0.05, 0) is 25.5 Å². The minimum atomic E-state index is -4.54. The van der Waals surface area contributed by atoms with E-state index < -0.39 is 24.2 Å². The zero-order chi connectivity index (χ0) is 14.7. The molecule has 1 N–H and O–H groups in total. The van der Waals surface area contributed by atoms with E-state index in [1.54, 1.807) is 6.92 Å². The average Bonchev–Trinajstić information content (AvgIpc) is 2.26. The summed E-state index contributed by atoms with van der Waals surface area (Å²) in [5, 5.41) is 9.99. The van der Waals surface area contributed by atoms with Gasteiger partial charge in [0.15, 0.2) is 0 Å². The molecule has 1 unspecified atom stereocenters. The van der Waals surface area contributed by atoms with Crippen molar-refractivity contribution in [2.24, 2.45) is 0 Å². The van der Waals surface area contributed by atoms with E-state index in [0.717, 1.165) is 6.92 Å². The predicted octanol–water partition coefficient (Wildman–Crippen LogP) is 3.02. The minimum Gasteiger partial charge on any atom is -0.462 e.